The molecule has 0 bridgehead atoms. The van der Waals surface area contributed by atoms with Crippen LogP contribution in [0.25, 0.3) is 21.3 Å². The van der Waals surface area contributed by atoms with Crippen molar-refractivity contribution in [1.29, 1.82) is 0 Å². The zero-order valence-corrected chi connectivity index (χ0v) is 19.2. The van der Waals surface area contributed by atoms with E-state index in [0.717, 1.165) is 32.4 Å². The molecule has 0 aliphatic rings. The molecule has 1 amide bonds. The van der Waals surface area contributed by atoms with Gasteiger partial charge < -0.3 is 5.32 Å². The number of thiophene rings is 1. The molecule has 2 heterocycles. The first kappa shape index (κ1) is 20.5. The number of hydrogen-bond acceptors (Lipinski definition) is 4. The SMILES string of the molecule is Cc1cccc(NC(=O)C(C)n2cnc3scc(-c4ccc(Br)cc4)c3c2=O)c1C. The molecule has 0 saturated carbocycles. The number of nitrogens with one attached hydrogen (secondary N) is 1. The Morgan fingerprint density at radius 2 is 1.90 bits per heavy atom. The summed E-state index contributed by atoms with van der Waals surface area (Å²) in [6.07, 6.45) is 1.46. The molecular formula is C23H20BrN3O2S. The lowest BCUT2D eigenvalue weighted by Gasteiger charge is -2.17. The second kappa shape index (κ2) is 8.16. The summed E-state index contributed by atoms with van der Waals surface area (Å²) in [6.45, 7) is 5.67. The van der Waals surface area contributed by atoms with Crippen LogP contribution in [-0.2, 0) is 4.79 Å². The molecule has 4 rings (SSSR count). The van der Waals surface area contributed by atoms with E-state index < -0.39 is 6.04 Å². The number of halogens is 1. The third-order valence-electron chi connectivity index (χ3n) is 5.33. The van der Waals surface area contributed by atoms with Crippen molar-refractivity contribution < 1.29 is 4.79 Å². The van der Waals surface area contributed by atoms with Crippen LogP contribution in [0.1, 0.15) is 24.1 Å². The maximum Gasteiger partial charge on any atom is 0.263 e. The van der Waals surface area contributed by atoms with Gasteiger partial charge in [0.1, 0.15) is 10.9 Å². The van der Waals surface area contributed by atoms with Gasteiger partial charge in [0.2, 0.25) is 5.91 Å². The summed E-state index contributed by atoms with van der Waals surface area (Å²) in [5.74, 6) is -0.257. The highest BCUT2D eigenvalue weighted by molar-refractivity contribution is 9.10. The number of aromatic nitrogens is 2. The predicted octanol–water partition coefficient (Wildman–Crippen LogP) is 5.70. The Hall–Kier alpha value is -2.77. The first-order chi connectivity index (χ1) is 14.4. The van der Waals surface area contributed by atoms with Crippen molar-refractivity contribution in [2.24, 2.45) is 0 Å². The van der Waals surface area contributed by atoms with Crippen LogP contribution in [0.5, 0.6) is 0 Å². The number of aryl methyl sites for hydroxylation is 1. The second-order valence-corrected chi connectivity index (χ2v) is 8.98. The first-order valence-electron chi connectivity index (χ1n) is 9.48. The smallest absolute Gasteiger partial charge is 0.263 e. The van der Waals surface area contributed by atoms with Gasteiger partial charge in [0.25, 0.3) is 5.56 Å². The minimum absolute atomic E-state index is 0.220. The van der Waals surface area contributed by atoms with Crippen molar-refractivity contribution in [2.75, 3.05) is 5.32 Å². The number of benzene rings is 2. The van der Waals surface area contributed by atoms with Gasteiger partial charge in [-0.25, -0.2) is 4.98 Å². The Morgan fingerprint density at radius 3 is 2.63 bits per heavy atom. The maximum atomic E-state index is 13.3. The van der Waals surface area contributed by atoms with Crippen molar-refractivity contribution in [3.05, 3.63) is 80.1 Å². The Labute approximate surface area is 186 Å². The molecular weight excluding hydrogens is 462 g/mol. The third kappa shape index (κ3) is 3.70. The number of fused-ring (bicyclic) bond motifs is 1. The number of rotatable bonds is 4. The summed E-state index contributed by atoms with van der Waals surface area (Å²) in [7, 11) is 0. The lowest BCUT2D eigenvalue weighted by Crippen LogP contribution is -2.32. The Morgan fingerprint density at radius 1 is 1.17 bits per heavy atom. The van der Waals surface area contributed by atoms with E-state index in [0.29, 0.717) is 10.2 Å². The lowest BCUT2D eigenvalue weighted by molar-refractivity contribution is -0.118. The highest BCUT2D eigenvalue weighted by Crippen LogP contribution is 2.31. The minimum Gasteiger partial charge on any atom is -0.324 e. The standard InChI is InChI=1S/C23H20BrN3O2S/c1-13-5-4-6-19(14(13)2)26-21(28)15(3)27-12-25-22-20(23(27)29)18(11-30-22)16-7-9-17(24)10-8-16/h4-12,15H,1-3H3,(H,26,28). The molecule has 0 aliphatic carbocycles. The Kier molecular flexibility index (Phi) is 5.58. The predicted molar refractivity (Wildman–Crippen MR) is 126 cm³/mol. The lowest BCUT2D eigenvalue weighted by atomic mass is 10.1. The van der Waals surface area contributed by atoms with Gasteiger partial charge in [-0.15, -0.1) is 11.3 Å². The highest BCUT2D eigenvalue weighted by Gasteiger charge is 2.21. The molecule has 0 spiro atoms. The maximum absolute atomic E-state index is 13.3. The molecule has 1 unspecified atom stereocenters. The van der Waals surface area contributed by atoms with Crippen molar-refractivity contribution in [2.45, 2.75) is 26.8 Å². The van der Waals surface area contributed by atoms with E-state index >= 15 is 0 Å². The van der Waals surface area contributed by atoms with Crippen molar-refractivity contribution >= 4 is 49.1 Å². The summed E-state index contributed by atoms with van der Waals surface area (Å²) in [5, 5.41) is 5.42. The van der Waals surface area contributed by atoms with E-state index in [9.17, 15) is 9.59 Å². The minimum atomic E-state index is -0.702. The quantitative estimate of drug-likeness (QED) is 0.406. The molecule has 5 nitrogen and oxygen atoms in total. The molecule has 0 radical (unpaired) electrons. The number of amides is 1. The Balaban J connectivity index is 1.72. The van der Waals surface area contributed by atoms with Crippen LogP contribution in [-0.4, -0.2) is 15.5 Å². The molecule has 0 aliphatic heterocycles. The summed E-state index contributed by atoms with van der Waals surface area (Å²) in [4.78, 5) is 31.3. The average molecular weight is 482 g/mol. The zero-order valence-electron chi connectivity index (χ0n) is 16.8. The molecule has 2 aromatic heterocycles. The summed E-state index contributed by atoms with van der Waals surface area (Å²) < 4.78 is 2.37. The largest absolute Gasteiger partial charge is 0.324 e. The van der Waals surface area contributed by atoms with E-state index in [2.05, 4.69) is 26.2 Å². The van der Waals surface area contributed by atoms with Gasteiger partial charge in [0.15, 0.2) is 0 Å². The van der Waals surface area contributed by atoms with Crippen LogP contribution in [0.15, 0.2) is 63.4 Å². The van der Waals surface area contributed by atoms with Gasteiger partial charge in [-0.1, -0.05) is 40.2 Å². The molecule has 0 saturated heterocycles. The number of nitrogens with zero attached hydrogens (tertiary/aromatic N) is 2. The summed E-state index contributed by atoms with van der Waals surface area (Å²) >= 11 is 4.86. The molecule has 1 N–H and O–H groups in total. The normalized spacial score (nSPS) is 12.1. The number of carbonyl (C=O) groups is 1. The highest BCUT2D eigenvalue weighted by atomic mass is 79.9. The van der Waals surface area contributed by atoms with E-state index in [1.54, 1.807) is 6.92 Å². The van der Waals surface area contributed by atoms with Crippen LogP contribution >= 0.6 is 27.3 Å². The number of carbonyl (C=O) groups excluding carboxylic acids is 1. The molecule has 30 heavy (non-hydrogen) atoms. The average Bonchev–Trinajstić information content (AvgIpc) is 3.17. The van der Waals surface area contributed by atoms with Crippen LogP contribution < -0.4 is 10.9 Å². The fourth-order valence-electron chi connectivity index (χ4n) is 3.31. The number of anilines is 1. The van der Waals surface area contributed by atoms with E-state index in [1.807, 2.05) is 61.7 Å². The topological polar surface area (TPSA) is 64.0 Å². The van der Waals surface area contributed by atoms with Crippen LogP contribution in [0.3, 0.4) is 0 Å². The van der Waals surface area contributed by atoms with Gasteiger partial charge >= 0.3 is 0 Å². The van der Waals surface area contributed by atoms with Crippen LogP contribution in [0.4, 0.5) is 5.69 Å². The molecule has 1 atom stereocenters. The molecule has 152 valence electrons. The van der Waals surface area contributed by atoms with Crippen molar-refractivity contribution in [3.8, 4) is 11.1 Å². The third-order valence-corrected chi connectivity index (χ3v) is 6.75. The van der Waals surface area contributed by atoms with Crippen LogP contribution in [0, 0.1) is 13.8 Å². The number of hydrogen-bond donors (Lipinski definition) is 1. The summed E-state index contributed by atoms with van der Waals surface area (Å²) in [6, 6.07) is 12.9. The first-order valence-corrected chi connectivity index (χ1v) is 11.2. The van der Waals surface area contributed by atoms with Gasteiger partial charge in [0.05, 0.1) is 11.7 Å². The fraction of sp³-hybridized carbons (Fsp3) is 0.174. The van der Waals surface area contributed by atoms with Gasteiger partial charge in [-0.05, 0) is 55.7 Å². The van der Waals surface area contributed by atoms with E-state index in [-0.39, 0.29) is 11.5 Å². The van der Waals surface area contributed by atoms with E-state index in [4.69, 9.17) is 0 Å². The van der Waals surface area contributed by atoms with Crippen molar-refractivity contribution in [1.82, 2.24) is 9.55 Å². The zero-order chi connectivity index (χ0) is 21.4. The Bertz CT molecular complexity index is 1310. The van der Waals surface area contributed by atoms with Crippen LogP contribution in [0.2, 0.25) is 0 Å². The van der Waals surface area contributed by atoms with Crippen molar-refractivity contribution in [3.63, 3.8) is 0 Å². The fourth-order valence-corrected chi connectivity index (χ4v) is 4.48. The van der Waals surface area contributed by atoms with Gasteiger partial charge in [0, 0.05) is 21.1 Å². The van der Waals surface area contributed by atoms with Gasteiger partial charge in [-0.2, -0.15) is 0 Å². The molecule has 0 fully saturated rings. The molecule has 4 aromatic rings. The second-order valence-electron chi connectivity index (χ2n) is 7.21. The summed E-state index contributed by atoms with van der Waals surface area (Å²) in [5.41, 5.74) is 4.40. The monoisotopic (exact) mass is 481 g/mol. The molecule has 2 aromatic carbocycles. The van der Waals surface area contributed by atoms with E-state index in [1.165, 1.54) is 22.2 Å². The molecule has 7 heteroatoms. The van der Waals surface area contributed by atoms with Gasteiger partial charge in [-0.3, -0.25) is 14.2 Å².